The molecular formula is C11H10N2O2S. The summed E-state index contributed by atoms with van der Waals surface area (Å²) in [6.07, 6.45) is 0.831. The molecule has 0 amide bonds. The van der Waals surface area contributed by atoms with Crippen LogP contribution in [-0.2, 0) is 17.9 Å². The number of thiophene rings is 1. The highest BCUT2D eigenvalue weighted by Crippen LogP contribution is 2.29. The van der Waals surface area contributed by atoms with Crippen molar-refractivity contribution in [2.75, 3.05) is 0 Å². The van der Waals surface area contributed by atoms with Crippen LogP contribution in [0.2, 0.25) is 0 Å². The predicted molar refractivity (Wildman–Crippen MR) is 59.5 cm³/mol. The van der Waals surface area contributed by atoms with Gasteiger partial charge in [-0.1, -0.05) is 6.07 Å². The molecule has 0 saturated carbocycles. The Morgan fingerprint density at radius 1 is 1.62 bits per heavy atom. The summed E-state index contributed by atoms with van der Waals surface area (Å²) < 4.78 is 7.60. The fourth-order valence-corrected chi connectivity index (χ4v) is 2.62. The number of ether oxygens (including phenoxy) is 1. The van der Waals surface area contributed by atoms with Crippen molar-refractivity contribution in [1.29, 1.82) is 0 Å². The lowest BCUT2D eigenvalue weighted by Crippen LogP contribution is -2.20. The summed E-state index contributed by atoms with van der Waals surface area (Å²) in [6.45, 7) is 1.20. The monoisotopic (exact) mass is 234 g/mol. The quantitative estimate of drug-likeness (QED) is 0.747. The van der Waals surface area contributed by atoms with E-state index < -0.39 is 0 Å². The zero-order chi connectivity index (χ0) is 11.0. The first-order valence-electron chi connectivity index (χ1n) is 5.04. The molecule has 1 aliphatic rings. The van der Waals surface area contributed by atoms with E-state index in [0.717, 1.165) is 12.0 Å². The fraction of sp³-hybridized carbons (Fsp3) is 0.273. The molecule has 1 atom stereocenters. The Bertz CT molecular complexity index is 504. The molecule has 0 fully saturated rings. The number of fused-ring (bicyclic) bond motifs is 1. The first-order chi connectivity index (χ1) is 7.86. The smallest absolute Gasteiger partial charge is 0.170 e. The highest BCUT2D eigenvalue weighted by atomic mass is 32.1. The first-order valence-corrected chi connectivity index (χ1v) is 5.91. The van der Waals surface area contributed by atoms with Crippen LogP contribution < -0.4 is 0 Å². The second-order valence-corrected chi connectivity index (χ2v) is 4.65. The van der Waals surface area contributed by atoms with Gasteiger partial charge in [0.25, 0.3) is 0 Å². The number of hydrogen-bond donors (Lipinski definition) is 0. The van der Waals surface area contributed by atoms with E-state index in [1.165, 1.54) is 4.88 Å². The lowest BCUT2D eigenvalue weighted by molar-refractivity contribution is 0.00101. The number of carbonyl (C=O) groups excluding carboxylic acids is 1. The van der Waals surface area contributed by atoms with Crippen molar-refractivity contribution in [2.45, 2.75) is 19.3 Å². The van der Waals surface area contributed by atoms with Crippen molar-refractivity contribution < 1.29 is 9.53 Å². The van der Waals surface area contributed by atoms with E-state index in [-0.39, 0.29) is 6.10 Å². The van der Waals surface area contributed by atoms with Gasteiger partial charge in [0, 0.05) is 4.88 Å². The average Bonchev–Trinajstić information content (AvgIpc) is 2.96. The van der Waals surface area contributed by atoms with Crippen LogP contribution in [0.25, 0.3) is 0 Å². The van der Waals surface area contributed by atoms with Gasteiger partial charge in [-0.3, -0.25) is 9.48 Å². The number of hydrogen-bond acceptors (Lipinski definition) is 4. The summed E-state index contributed by atoms with van der Waals surface area (Å²) in [6, 6.07) is 5.85. The summed E-state index contributed by atoms with van der Waals surface area (Å²) in [5.74, 6) is 0. The number of aldehydes is 1. The van der Waals surface area contributed by atoms with E-state index in [2.05, 4.69) is 11.2 Å². The van der Waals surface area contributed by atoms with Gasteiger partial charge >= 0.3 is 0 Å². The molecule has 16 heavy (non-hydrogen) atoms. The molecule has 0 saturated heterocycles. The van der Waals surface area contributed by atoms with Gasteiger partial charge in [-0.25, -0.2) is 0 Å². The van der Waals surface area contributed by atoms with E-state index in [9.17, 15) is 4.79 Å². The van der Waals surface area contributed by atoms with Crippen molar-refractivity contribution in [1.82, 2.24) is 9.78 Å². The Hall–Kier alpha value is -1.46. The van der Waals surface area contributed by atoms with E-state index in [4.69, 9.17) is 4.74 Å². The van der Waals surface area contributed by atoms with Gasteiger partial charge in [0.15, 0.2) is 6.29 Å². The molecule has 5 heteroatoms. The zero-order valence-corrected chi connectivity index (χ0v) is 9.31. The zero-order valence-electron chi connectivity index (χ0n) is 8.50. The molecule has 0 aliphatic carbocycles. The van der Waals surface area contributed by atoms with Crippen molar-refractivity contribution in [2.24, 2.45) is 0 Å². The van der Waals surface area contributed by atoms with Gasteiger partial charge in [-0.15, -0.1) is 11.3 Å². The number of nitrogens with zero attached hydrogens (tertiary/aromatic N) is 2. The highest BCUT2D eigenvalue weighted by Gasteiger charge is 2.22. The second-order valence-electron chi connectivity index (χ2n) is 3.68. The van der Waals surface area contributed by atoms with Crippen molar-refractivity contribution in [3.8, 4) is 0 Å². The summed E-state index contributed by atoms with van der Waals surface area (Å²) in [4.78, 5) is 11.8. The molecule has 2 aromatic heterocycles. The Balaban J connectivity index is 1.88. The molecule has 1 aliphatic heterocycles. The van der Waals surface area contributed by atoms with Crippen molar-refractivity contribution in [3.05, 3.63) is 39.8 Å². The van der Waals surface area contributed by atoms with E-state index in [1.54, 1.807) is 17.4 Å². The minimum atomic E-state index is 0.0619. The van der Waals surface area contributed by atoms with Crippen LogP contribution >= 0.6 is 11.3 Å². The molecule has 1 unspecified atom stereocenters. The third-order valence-corrected chi connectivity index (χ3v) is 3.60. The lowest BCUT2D eigenvalue weighted by Gasteiger charge is -2.23. The summed E-state index contributed by atoms with van der Waals surface area (Å²) in [5, 5.41) is 6.24. The molecule has 3 heterocycles. The summed E-state index contributed by atoms with van der Waals surface area (Å²) in [5.41, 5.74) is 1.44. The van der Waals surface area contributed by atoms with Crippen LogP contribution in [0, 0.1) is 0 Å². The Kier molecular flexibility index (Phi) is 2.34. The van der Waals surface area contributed by atoms with Gasteiger partial charge in [0.1, 0.15) is 11.8 Å². The van der Waals surface area contributed by atoms with Crippen molar-refractivity contribution >= 4 is 17.6 Å². The van der Waals surface area contributed by atoms with Gasteiger partial charge in [-0.05, 0) is 17.5 Å². The molecule has 0 bridgehead atoms. The van der Waals surface area contributed by atoms with Gasteiger partial charge < -0.3 is 4.74 Å². The molecule has 0 radical (unpaired) electrons. The van der Waals surface area contributed by atoms with Crippen LogP contribution in [0.5, 0.6) is 0 Å². The fourth-order valence-electron chi connectivity index (χ4n) is 1.85. The topological polar surface area (TPSA) is 44.1 Å². The minimum absolute atomic E-state index is 0.0619. The number of carbonyl (C=O) groups is 1. The van der Waals surface area contributed by atoms with E-state index >= 15 is 0 Å². The van der Waals surface area contributed by atoms with Crippen LogP contribution in [0.3, 0.4) is 0 Å². The first kappa shape index (κ1) is 9.74. The molecule has 0 aromatic carbocycles. The number of rotatable bonds is 2. The third kappa shape index (κ3) is 1.58. The molecule has 0 spiro atoms. The molecule has 2 aromatic rings. The van der Waals surface area contributed by atoms with E-state index in [0.29, 0.717) is 18.8 Å². The third-order valence-electron chi connectivity index (χ3n) is 2.63. The molecule has 4 nitrogen and oxygen atoms in total. The van der Waals surface area contributed by atoms with Gasteiger partial charge in [0.2, 0.25) is 0 Å². The molecule has 82 valence electrons. The maximum absolute atomic E-state index is 10.6. The second kappa shape index (κ2) is 3.84. The van der Waals surface area contributed by atoms with Crippen LogP contribution in [0.4, 0.5) is 0 Å². The van der Waals surface area contributed by atoms with Gasteiger partial charge in [0.05, 0.1) is 18.8 Å². The average molecular weight is 234 g/mol. The molecule has 3 rings (SSSR count). The van der Waals surface area contributed by atoms with E-state index in [1.807, 2.05) is 16.1 Å². The SMILES string of the molecule is O=Cc1cc2n(n1)CC(c1cccs1)OC2. The Labute approximate surface area is 96.5 Å². The predicted octanol–water partition coefficient (Wildman–Crippen LogP) is 2.03. The van der Waals surface area contributed by atoms with Crippen LogP contribution in [-0.4, -0.2) is 16.1 Å². The van der Waals surface area contributed by atoms with Crippen LogP contribution in [0.1, 0.15) is 27.2 Å². The lowest BCUT2D eigenvalue weighted by atomic mass is 10.2. The Morgan fingerprint density at radius 3 is 3.31 bits per heavy atom. The summed E-state index contributed by atoms with van der Waals surface area (Å²) >= 11 is 1.68. The van der Waals surface area contributed by atoms with Gasteiger partial charge in [-0.2, -0.15) is 5.10 Å². The summed E-state index contributed by atoms with van der Waals surface area (Å²) in [7, 11) is 0. The largest absolute Gasteiger partial charge is 0.364 e. The maximum atomic E-state index is 10.6. The standard InChI is InChI=1S/C11H10N2O2S/c14-6-8-4-9-7-15-10(5-13(9)12-8)11-2-1-3-16-11/h1-4,6,10H,5,7H2. The molecular weight excluding hydrogens is 224 g/mol. The normalized spacial score (nSPS) is 19.4. The highest BCUT2D eigenvalue weighted by molar-refractivity contribution is 7.10. The molecule has 0 N–H and O–H groups in total. The number of aromatic nitrogens is 2. The van der Waals surface area contributed by atoms with Crippen LogP contribution in [0.15, 0.2) is 23.6 Å². The Morgan fingerprint density at radius 2 is 2.56 bits per heavy atom. The maximum Gasteiger partial charge on any atom is 0.170 e. The van der Waals surface area contributed by atoms with Crippen molar-refractivity contribution in [3.63, 3.8) is 0 Å². The minimum Gasteiger partial charge on any atom is -0.364 e.